The average Bonchev–Trinajstić information content (AvgIpc) is 2.78. The molecule has 0 bridgehead atoms. The summed E-state index contributed by atoms with van der Waals surface area (Å²) < 4.78 is 8.54. The molecule has 0 radical (unpaired) electrons. The molecular formula is C26H29N3O2S. The number of rotatable bonds is 5. The molecule has 3 aromatic rings. The van der Waals surface area contributed by atoms with Crippen LogP contribution in [-0.2, 0) is 0 Å². The summed E-state index contributed by atoms with van der Waals surface area (Å²) in [6, 6.07) is 19.7. The maximum atomic E-state index is 12.8. The maximum Gasteiger partial charge on any atom is 0.253 e. The summed E-state index contributed by atoms with van der Waals surface area (Å²) in [5.41, 5.74) is 10.9. The summed E-state index contributed by atoms with van der Waals surface area (Å²) in [6.07, 6.45) is 0. The van der Waals surface area contributed by atoms with Crippen molar-refractivity contribution in [3.63, 3.8) is 0 Å². The van der Waals surface area contributed by atoms with Crippen LogP contribution in [0.1, 0.15) is 27.0 Å². The van der Waals surface area contributed by atoms with Crippen LogP contribution in [0.15, 0.2) is 65.6 Å². The van der Waals surface area contributed by atoms with E-state index in [1.807, 2.05) is 61.2 Å². The number of hydrogen-bond donors (Lipinski definition) is 1. The minimum absolute atomic E-state index is 0.0950. The second-order valence-electron chi connectivity index (χ2n) is 8.26. The summed E-state index contributed by atoms with van der Waals surface area (Å²) in [4.78, 5) is 15.7. The maximum absolute atomic E-state index is 12.8. The van der Waals surface area contributed by atoms with Gasteiger partial charge < -0.3 is 15.4 Å². The molecule has 1 amide bonds. The Bertz CT molecular complexity index is 1110. The van der Waals surface area contributed by atoms with E-state index < -0.39 is 0 Å². The molecule has 5 nitrogen and oxygen atoms in total. The van der Waals surface area contributed by atoms with E-state index in [-0.39, 0.29) is 5.91 Å². The first-order chi connectivity index (χ1) is 15.4. The van der Waals surface area contributed by atoms with Gasteiger partial charge in [0.05, 0.1) is 4.90 Å². The molecule has 0 saturated carbocycles. The number of anilines is 1. The number of ether oxygens (including phenoxy) is 1. The number of benzene rings is 3. The summed E-state index contributed by atoms with van der Waals surface area (Å²) in [5.74, 6) is 1.73. The van der Waals surface area contributed by atoms with E-state index in [9.17, 15) is 4.79 Å². The minimum atomic E-state index is 0.0950. The number of hydrogen-bond acceptors (Lipinski definition) is 5. The molecule has 0 aliphatic carbocycles. The third-order valence-corrected chi connectivity index (χ3v) is 6.72. The Labute approximate surface area is 194 Å². The molecule has 3 aromatic carbocycles. The molecule has 0 unspecified atom stereocenters. The number of nitrogen functional groups attached to an aromatic ring is 1. The van der Waals surface area contributed by atoms with Crippen molar-refractivity contribution in [2.75, 3.05) is 31.9 Å². The number of aryl methyl sites for hydroxylation is 3. The van der Waals surface area contributed by atoms with E-state index in [1.54, 1.807) is 11.9 Å². The predicted octanol–water partition coefficient (Wildman–Crippen LogP) is 5.45. The van der Waals surface area contributed by atoms with E-state index in [2.05, 4.69) is 29.4 Å². The molecule has 1 aliphatic heterocycles. The molecule has 32 heavy (non-hydrogen) atoms. The van der Waals surface area contributed by atoms with E-state index in [4.69, 9.17) is 10.5 Å². The van der Waals surface area contributed by atoms with Crippen molar-refractivity contribution in [1.29, 1.82) is 0 Å². The fourth-order valence-corrected chi connectivity index (χ4v) is 4.63. The highest BCUT2D eigenvalue weighted by molar-refractivity contribution is 7.97. The molecule has 0 aromatic heterocycles. The Morgan fingerprint density at radius 1 is 0.844 bits per heavy atom. The van der Waals surface area contributed by atoms with E-state index >= 15 is 0 Å². The molecule has 1 heterocycles. The van der Waals surface area contributed by atoms with Crippen LogP contribution in [0.2, 0.25) is 0 Å². The molecular weight excluding hydrogens is 418 g/mol. The Morgan fingerprint density at radius 3 is 2.25 bits per heavy atom. The molecule has 1 fully saturated rings. The lowest BCUT2D eigenvalue weighted by atomic mass is 10.1. The van der Waals surface area contributed by atoms with Gasteiger partial charge in [0.2, 0.25) is 0 Å². The third kappa shape index (κ3) is 5.26. The summed E-state index contributed by atoms with van der Waals surface area (Å²) in [7, 11) is 0. The first-order valence-electron chi connectivity index (χ1n) is 10.8. The summed E-state index contributed by atoms with van der Waals surface area (Å²) >= 11 is 1.64. The van der Waals surface area contributed by atoms with Crippen LogP contribution in [0.25, 0.3) is 0 Å². The van der Waals surface area contributed by atoms with Crippen molar-refractivity contribution in [3.8, 4) is 11.5 Å². The number of nitrogens with zero attached hydrogens (tertiary/aromatic N) is 2. The lowest BCUT2D eigenvalue weighted by Crippen LogP contribution is -2.46. The van der Waals surface area contributed by atoms with Gasteiger partial charge in [0.1, 0.15) is 11.5 Å². The van der Waals surface area contributed by atoms with Gasteiger partial charge in [-0.25, -0.2) is 4.31 Å². The molecule has 2 N–H and O–H groups in total. The Hall–Kier alpha value is -2.96. The Kier molecular flexibility index (Phi) is 6.72. The van der Waals surface area contributed by atoms with Gasteiger partial charge in [0, 0.05) is 37.4 Å². The number of piperazine rings is 1. The smallest absolute Gasteiger partial charge is 0.253 e. The second-order valence-corrected chi connectivity index (χ2v) is 9.39. The molecule has 6 heteroatoms. The predicted molar refractivity (Wildman–Crippen MR) is 131 cm³/mol. The second kappa shape index (κ2) is 9.67. The first-order valence-corrected chi connectivity index (χ1v) is 11.6. The van der Waals surface area contributed by atoms with Crippen molar-refractivity contribution >= 4 is 23.5 Å². The van der Waals surface area contributed by atoms with E-state index in [0.717, 1.165) is 51.7 Å². The van der Waals surface area contributed by atoms with Crippen molar-refractivity contribution in [3.05, 3.63) is 82.9 Å². The standard InChI is InChI=1S/C26H29N3O2S/c1-18-5-8-21(9-6-18)26(30)28-12-14-29(15-13-28)32-25-17-22(27)10-11-23(25)31-24-16-19(2)4-7-20(24)3/h4-11,16-17H,12-15,27H2,1-3H3. The Balaban J connectivity index is 1.42. The van der Waals surface area contributed by atoms with Crippen molar-refractivity contribution in [1.82, 2.24) is 9.21 Å². The van der Waals surface area contributed by atoms with Gasteiger partial charge in [0.25, 0.3) is 5.91 Å². The van der Waals surface area contributed by atoms with Gasteiger partial charge in [-0.05, 0) is 80.2 Å². The van der Waals surface area contributed by atoms with Crippen molar-refractivity contribution in [2.45, 2.75) is 25.7 Å². The summed E-state index contributed by atoms with van der Waals surface area (Å²) in [6.45, 7) is 9.06. The SMILES string of the molecule is Cc1ccc(C(=O)N2CCN(Sc3cc(N)ccc3Oc3cc(C)ccc3C)CC2)cc1. The largest absolute Gasteiger partial charge is 0.456 e. The van der Waals surface area contributed by atoms with Gasteiger partial charge in [-0.3, -0.25) is 4.79 Å². The van der Waals surface area contributed by atoms with Gasteiger partial charge >= 0.3 is 0 Å². The Morgan fingerprint density at radius 2 is 1.53 bits per heavy atom. The zero-order valence-corrected chi connectivity index (χ0v) is 19.6. The minimum Gasteiger partial charge on any atom is -0.456 e. The zero-order chi connectivity index (χ0) is 22.7. The zero-order valence-electron chi connectivity index (χ0n) is 18.8. The van der Waals surface area contributed by atoms with E-state index in [1.165, 1.54) is 0 Å². The lowest BCUT2D eigenvalue weighted by molar-refractivity contribution is 0.0703. The van der Waals surface area contributed by atoms with Crippen LogP contribution in [0, 0.1) is 20.8 Å². The molecule has 1 aliphatic rings. The quantitative estimate of drug-likeness (QED) is 0.416. The number of amides is 1. The number of carbonyl (C=O) groups excluding carboxylic acids is 1. The van der Waals surface area contributed by atoms with E-state index in [0.29, 0.717) is 18.8 Å². The van der Waals surface area contributed by atoms with Crippen LogP contribution in [-0.4, -0.2) is 41.3 Å². The highest BCUT2D eigenvalue weighted by atomic mass is 32.2. The average molecular weight is 448 g/mol. The lowest BCUT2D eigenvalue weighted by Gasteiger charge is -2.34. The van der Waals surface area contributed by atoms with Gasteiger partial charge in [0.15, 0.2) is 0 Å². The fraction of sp³-hybridized carbons (Fsp3) is 0.269. The third-order valence-electron chi connectivity index (χ3n) is 5.58. The van der Waals surface area contributed by atoms with Crippen LogP contribution in [0.4, 0.5) is 5.69 Å². The van der Waals surface area contributed by atoms with Gasteiger partial charge in [-0.2, -0.15) is 0 Å². The summed E-state index contributed by atoms with van der Waals surface area (Å²) in [5, 5.41) is 0. The van der Waals surface area contributed by atoms with Gasteiger partial charge in [-0.15, -0.1) is 0 Å². The molecule has 166 valence electrons. The number of nitrogens with two attached hydrogens (primary N) is 1. The van der Waals surface area contributed by atoms with Crippen molar-refractivity contribution < 1.29 is 9.53 Å². The highest BCUT2D eigenvalue weighted by Crippen LogP contribution is 2.37. The van der Waals surface area contributed by atoms with Gasteiger partial charge in [-0.1, -0.05) is 29.8 Å². The molecule has 4 rings (SSSR count). The molecule has 0 atom stereocenters. The van der Waals surface area contributed by atoms with Crippen LogP contribution in [0.3, 0.4) is 0 Å². The highest BCUT2D eigenvalue weighted by Gasteiger charge is 2.23. The normalized spacial score (nSPS) is 14.4. The van der Waals surface area contributed by atoms with Crippen LogP contribution in [0.5, 0.6) is 11.5 Å². The molecule has 0 spiro atoms. The fourth-order valence-electron chi connectivity index (χ4n) is 3.62. The monoisotopic (exact) mass is 447 g/mol. The van der Waals surface area contributed by atoms with Crippen molar-refractivity contribution in [2.24, 2.45) is 0 Å². The topological polar surface area (TPSA) is 58.8 Å². The first kappa shape index (κ1) is 22.2. The van der Waals surface area contributed by atoms with Crippen LogP contribution < -0.4 is 10.5 Å². The van der Waals surface area contributed by atoms with Crippen LogP contribution >= 0.6 is 11.9 Å². The number of carbonyl (C=O) groups is 1. The molecule has 1 saturated heterocycles.